The van der Waals surface area contributed by atoms with Crippen molar-refractivity contribution in [2.24, 2.45) is 0 Å². The number of ether oxygens (including phenoxy) is 2. The molecule has 0 aromatic heterocycles. The van der Waals surface area contributed by atoms with Crippen molar-refractivity contribution < 1.29 is 35.8 Å². The van der Waals surface area contributed by atoms with Gasteiger partial charge in [0.15, 0.2) is 0 Å². The molecule has 2 fully saturated rings. The molecule has 12 heteroatoms. The molecule has 3 aromatic carbocycles. The quantitative estimate of drug-likeness (QED) is 0.307. The Hall–Kier alpha value is -3.32. The molecule has 2 aliphatic heterocycles. The first-order valence-corrected chi connectivity index (χ1v) is 13.8. The van der Waals surface area contributed by atoms with Crippen molar-refractivity contribution in [2.45, 2.75) is 25.4 Å². The van der Waals surface area contributed by atoms with E-state index in [1.54, 1.807) is 0 Å². The van der Waals surface area contributed by atoms with Crippen LogP contribution < -0.4 is 20.1 Å². The molecular formula is C30H32F6N4O2. The van der Waals surface area contributed by atoms with Crippen LogP contribution in [0.4, 0.5) is 26.3 Å². The van der Waals surface area contributed by atoms with Crippen LogP contribution in [-0.4, -0.2) is 62.2 Å². The highest BCUT2D eigenvalue weighted by molar-refractivity contribution is 5.46. The molecule has 6 nitrogen and oxygen atoms in total. The van der Waals surface area contributed by atoms with Crippen LogP contribution in [0.1, 0.15) is 22.3 Å². The Morgan fingerprint density at radius 1 is 0.548 bits per heavy atom. The minimum Gasteiger partial charge on any atom is -0.457 e. The van der Waals surface area contributed by atoms with Gasteiger partial charge in [0, 0.05) is 65.4 Å². The first-order chi connectivity index (χ1) is 20.0. The highest BCUT2D eigenvalue weighted by Crippen LogP contribution is 2.41. The van der Waals surface area contributed by atoms with E-state index in [0.29, 0.717) is 24.2 Å². The molecule has 42 heavy (non-hydrogen) atoms. The second kappa shape index (κ2) is 12.9. The molecule has 0 radical (unpaired) electrons. The lowest BCUT2D eigenvalue weighted by atomic mass is 10.1. The van der Waals surface area contributed by atoms with Crippen molar-refractivity contribution in [2.75, 3.05) is 52.4 Å². The molecule has 0 amide bonds. The summed E-state index contributed by atoms with van der Waals surface area (Å²) in [5, 5.41) is 6.48. The molecular weight excluding hydrogens is 562 g/mol. The van der Waals surface area contributed by atoms with Gasteiger partial charge in [-0.15, -0.1) is 0 Å². The van der Waals surface area contributed by atoms with Crippen molar-refractivity contribution in [3.63, 3.8) is 0 Å². The third kappa shape index (κ3) is 7.94. The zero-order chi connectivity index (χ0) is 29.7. The topological polar surface area (TPSA) is 49.0 Å². The Balaban J connectivity index is 1.33. The third-order valence-corrected chi connectivity index (χ3v) is 7.21. The standard InChI is InChI=1S/C30H32F6N4O2/c31-29(32,33)25-7-1-21(19-39-13-9-37-10-14-39)17-27(25)41-23-3-5-24(6-4-23)42-28-18-22(2-8-26(28)30(34,35)36)20-40-15-11-38-12-16-40/h1-8,17-18,37-38H,9-16,19-20H2. The maximum atomic E-state index is 13.7. The summed E-state index contributed by atoms with van der Waals surface area (Å²) >= 11 is 0. The predicted molar refractivity (Wildman–Crippen MR) is 146 cm³/mol. The van der Waals surface area contributed by atoms with Gasteiger partial charge >= 0.3 is 12.4 Å². The fourth-order valence-corrected chi connectivity index (χ4v) is 5.05. The van der Waals surface area contributed by atoms with Gasteiger partial charge in [-0.05, 0) is 59.7 Å². The van der Waals surface area contributed by atoms with Crippen molar-refractivity contribution in [3.05, 3.63) is 82.9 Å². The number of hydrogen-bond acceptors (Lipinski definition) is 6. The first kappa shape index (κ1) is 30.1. The largest absolute Gasteiger partial charge is 0.457 e. The van der Waals surface area contributed by atoms with E-state index in [0.717, 1.165) is 64.5 Å². The molecule has 0 atom stereocenters. The van der Waals surface area contributed by atoms with Crippen LogP contribution in [0.3, 0.4) is 0 Å². The second-order valence-corrected chi connectivity index (χ2v) is 10.4. The van der Waals surface area contributed by atoms with Gasteiger partial charge in [-0.25, -0.2) is 0 Å². The summed E-state index contributed by atoms with van der Waals surface area (Å²) < 4.78 is 93.8. The molecule has 0 unspecified atom stereocenters. The molecule has 0 bridgehead atoms. The van der Waals surface area contributed by atoms with Crippen LogP contribution in [0.25, 0.3) is 0 Å². The highest BCUT2D eigenvalue weighted by atomic mass is 19.4. The van der Waals surface area contributed by atoms with Gasteiger partial charge in [-0.1, -0.05) is 12.1 Å². The van der Waals surface area contributed by atoms with Gasteiger partial charge in [-0.2, -0.15) is 26.3 Å². The highest BCUT2D eigenvalue weighted by Gasteiger charge is 2.36. The van der Waals surface area contributed by atoms with Gasteiger partial charge in [0.2, 0.25) is 0 Å². The van der Waals surface area contributed by atoms with Crippen molar-refractivity contribution in [3.8, 4) is 23.0 Å². The van der Waals surface area contributed by atoms with E-state index in [9.17, 15) is 26.3 Å². The normalized spacial score (nSPS) is 17.3. The van der Waals surface area contributed by atoms with Crippen LogP contribution in [0.15, 0.2) is 60.7 Å². The number of hydrogen-bond donors (Lipinski definition) is 2. The first-order valence-electron chi connectivity index (χ1n) is 13.8. The van der Waals surface area contributed by atoms with Gasteiger partial charge in [0.1, 0.15) is 23.0 Å². The molecule has 0 saturated carbocycles. The van der Waals surface area contributed by atoms with E-state index in [1.807, 2.05) is 0 Å². The number of benzene rings is 3. The minimum atomic E-state index is -4.63. The van der Waals surface area contributed by atoms with Crippen molar-refractivity contribution in [1.82, 2.24) is 20.4 Å². The summed E-state index contributed by atoms with van der Waals surface area (Å²) in [6.07, 6.45) is -9.26. The van der Waals surface area contributed by atoms with Gasteiger partial charge < -0.3 is 20.1 Å². The summed E-state index contributed by atoms with van der Waals surface area (Å²) in [6.45, 7) is 7.34. The number of rotatable bonds is 8. The lowest BCUT2D eigenvalue weighted by Gasteiger charge is -2.27. The van der Waals surface area contributed by atoms with E-state index >= 15 is 0 Å². The lowest BCUT2D eigenvalue weighted by molar-refractivity contribution is -0.139. The molecule has 0 aliphatic carbocycles. The Bertz CT molecular complexity index is 1230. The second-order valence-electron chi connectivity index (χ2n) is 10.4. The SMILES string of the molecule is FC(F)(F)c1ccc(CN2CCNCC2)cc1Oc1ccc(Oc2cc(CN3CCNCC3)ccc2C(F)(F)F)cc1. The molecule has 226 valence electrons. The maximum absolute atomic E-state index is 13.7. The molecule has 3 aromatic rings. The van der Waals surface area contributed by atoms with Crippen LogP contribution >= 0.6 is 0 Å². The lowest BCUT2D eigenvalue weighted by Crippen LogP contribution is -2.42. The van der Waals surface area contributed by atoms with E-state index in [4.69, 9.17) is 9.47 Å². The zero-order valence-corrected chi connectivity index (χ0v) is 22.8. The van der Waals surface area contributed by atoms with E-state index in [1.165, 1.54) is 48.5 Å². The number of halogens is 6. The number of piperazine rings is 2. The summed E-state index contributed by atoms with van der Waals surface area (Å²) in [5.74, 6) is -0.501. The Morgan fingerprint density at radius 3 is 1.24 bits per heavy atom. The molecule has 2 N–H and O–H groups in total. The van der Waals surface area contributed by atoms with E-state index in [2.05, 4.69) is 20.4 Å². The minimum absolute atomic E-state index is 0.0932. The molecule has 2 saturated heterocycles. The van der Waals surface area contributed by atoms with Crippen molar-refractivity contribution in [1.29, 1.82) is 0 Å². The Morgan fingerprint density at radius 2 is 0.905 bits per heavy atom. The summed E-state index contributed by atoms with van der Waals surface area (Å²) in [7, 11) is 0. The summed E-state index contributed by atoms with van der Waals surface area (Å²) in [4.78, 5) is 4.28. The molecule has 2 heterocycles. The molecule has 0 spiro atoms. The average Bonchev–Trinajstić information content (AvgIpc) is 2.94. The predicted octanol–water partition coefficient (Wildman–Crippen LogP) is 6.12. The Kier molecular flexibility index (Phi) is 9.26. The maximum Gasteiger partial charge on any atom is 0.419 e. The molecule has 2 aliphatic rings. The fourth-order valence-electron chi connectivity index (χ4n) is 5.05. The third-order valence-electron chi connectivity index (χ3n) is 7.21. The van der Waals surface area contributed by atoms with E-state index < -0.39 is 23.5 Å². The number of alkyl halides is 6. The van der Waals surface area contributed by atoms with Crippen LogP contribution in [0, 0.1) is 0 Å². The number of nitrogens with one attached hydrogen (secondary N) is 2. The van der Waals surface area contributed by atoms with E-state index in [-0.39, 0.29) is 23.0 Å². The molecule has 5 rings (SSSR count). The zero-order valence-electron chi connectivity index (χ0n) is 22.8. The fraction of sp³-hybridized carbons (Fsp3) is 0.400. The summed E-state index contributed by atoms with van der Waals surface area (Å²) in [5.41, 5.74) is -0.466. The van der Waals surface area contributed by atoms with Crippen molar-refractivity contribution >= 4 is 0 Å². The number of nitrogens with zero attached hydrogens (tertiary/aromatic N) is 2. The van der Waals surface area contributed by atoms with Crippen LogP contribution in [-0.2, 0) is 25.4 Å². The van der Waals surface area contributed by atoms with Gasteiger partial charge in [-0.3, -0.25) is 9.80 Å². The smallest absolute Gasteiger partial charge is 0.419 e. The van der Waals surface area contributed by atoms with Gasteiger partial charge in [0.25, 0.3) is 0 Å². The van der Waals surface area contributed by atoms with Gasteiger partial charge in [0.05, 0.1) is 11.1 Å². The Labute approximate surface area is 240 Å². The average molecular weight is 595 g/mol. The summed E-state index contributed by atoms with van der Waals surface area (Å²) in [6, 6.07) is 13.2. The van der Waals surface area contributed by atoms with Crippen LogP contribution in [0.2, 0.25) is 0 Å². The monoisotopic (exact) mass is 594 g/mol. The van der Waals surface area contributed by atoms with Crippen LogP contribution in [0.5, 0.6) is 23.0 Å².